The van der Waals surface area contributed by atoms with Gasteiger partial charge in [-0.3, -0.25) is 9.69 Å². The third kappa shape index (κ3) is 4.18. The fourth-order valence-corrected chi connectivity index (χ4v) is 3.20. The molecule has 2 saturated heterocycles. The van der Waals surface area contributed by atoms with E-state index in [-0.39, 0.29) is 24.1 Å². The Hall–Kier alpha value is -1.17. The Kier molecular flexibility index (Phi) is 6.17. The van der Waals surface area contributed by atoms with Crippen molar-refractivity contribution < 1.29 is 9.18 Å². The molecule has 1 amide bonds. The summed E-state index contributed by atoms with van der Waals surface area (Å²) in [5.74, 6) is -0.106. The van der Waals surface area contributed by atoms with Crippen LogP contribution in [0.4, 0.5) is 4.39 Å². The highest BCUT2D eigenvalue weighted by Crippen LogP contribution is 2.17. The highest BCUT2D eigenvalue weighted by Gasteiger charge is 2.30. The number of nitrogens with one attached hydrogen (secondary N) is 1. The Morgan fingerprint density at radius 1 is 1.18 bits per heavy atom. The minimum absolute atomic E-state index is 0. The molecule has 1 aromatic rings. The van der Waals surface area contributed by atoms with Gasteiger partial charge >= 0.3 is 0 Å². The average molecular weight is 328 g/mol. The summed E-state index contributed by atoms with van der Waals surface area (Å²) in [7, 11) is 0. The number of nitrogens with zero attached hydrogens (tertiary/aromatic N) is 2. The van der Waals surface area contributed by atoms with Gasteiger partial charge in [-0.1, -0.05) is 12.1 Å². The molecule has 1 N–H and O–H groups in total. The fourth-order valence-electron chi connectivity index (χ4n) is 3.20. The topological polar surface area (TPSA) is 35.6 Å². The third-order valence-corrected chi connectivity index (χ3v) is 4.45. The first-order chi connectivity index (χ1) is 10.2. The molecule has 22 heavy (non-hydrogen) atoms. The molecule has 0 aromatic heterocycles. The summed E-state index contributed by atoms with van der Waals surface area (Å²) in [6, 6.07) is 6.71. The van der Waals surface area contributed by atoms with Crippen LogP contribution in [-0.4, -0.2) is 61.0 Å². The lowest BCUT2D eigenvalue weighted by Gasteiger charge is -2.32. The van der Waals surface area contributed by atoms with Gasteiger partial charge in [0.05, 0.1) is 6.42 Å². The predicted octanol–water partition coefficient (Wildman–Crippen LogP) is 1.30. The Labute approximate surface area is 137 Å². The monoisotopic (exact) mass is 327 g/mol. The second-order valence-electron chi connectivity index (χ2n) is 5.87. The van der Waals surface area contributed by atoms with Gasteiger partial charge in [0.25, 0.3) is 0 Å². The van der Waals surface area contributed by atoms with Crippen LogP contribution in [0.1, 0.15) is 12.0 Å². The molecule has 2 fully saturated rings. The summed E-state index contributed by atoms with van der Waals surface area (Å²) in [6.07, 6.45) is 1.43. The average Bonchev–Trinajstić information content (AvgIpc) is 3.00. The molecular formula is C16H23ClFN3O. The van der Waals surface area contributed by atoms with Crippen LogP contribution in [0.5, 0.6) is 0 Å². The van der Waals surface area contributed by atoms with E-state index in [0.717, 1.165) is 51.3 Å². The van der Waals surface area contributed by atoms with Gasteiger partial charge in [0.1, 0.15) is 5.82 Å². The molecule has 4 nitrogen and oxygen atoms in total. The molecule has 0 spiro atoms. The molecule has 0 saturated carbocycles. The first-order valence-electron chi connectivity index (χ1n) is 7.69. The van der Waals surface area contributed by atoms with Crippen LogP contribution in [0, 0.1) is 5.82 Å². The van der Waals surface area contributed by atoms with Gasteiger partial charge in [0, 0.05) is 45.3 Å². The van der Waals surface area contributed by atoms with Crippen LogP contribution >= 0.6 is 12.4 Å². The molecule has 0 aliphatic carbocycles. The van der Waals surface area contributed by atoms with E-state index in [1.165, 1.54) is 12.1 Å². The van der Waals surface area contributed by atoms with E-state index in [1.807, 2.05) is 4.90 Å². The predicted molar refractivity (Wildman–Crippen MR) is 86.8 cm³/mol. The number of halogens is 2. The number of rotatable bonds is 3. The van der Waals surface area contributed by atoms with Gasteiger partial charge in [-0.05, 0) is 24.1 Å². The number of carbonyl (C=O) groups is 1. The summed E-state index contributed by atoms with van der Waals surface area (Å²) in [5, 5.41) is 3.36. The second kappa shape index (κ2) is 7.90. The van der Waals surface area contributed by atoms with Crippen molar-refractivity contribution in [3.63, 3.8) is 0 Å². The van der Waals surface area contributed by atoms with Crippen molar-refractivity contribution in [2.75, 3.05) is 39.3 Å². The molecule has 3 rings (SSSR count). The first-order valence-corrected chi connectivity index (χ1v) is 7.69. The van der Waals surface area contributed by atoms with Crippen molar-refractivity contribution in [1.82, 2.24) is 15.1 Å². The maximum atomic E-state index is 12.9. The van der Waals surface area contributed by atoms with E-state index in [9.17, 15) is 9.18 Å². The number of amides is 1. The molecule has 1 unspecified atom stereocenters. The van der Waals surface area contributed by atoms with Crippen molar-refractivity contribution >= 4 is 18.3 Å². The van der Waals surface area contributed by atoms with Crippen molar-refractivity contribution in [1.29, 1.82) is 0 Å². The van der Waals surface area contributed by atoms with Crippen LogP contribution < -0.4 is 5.32 Å². The van der Waals surface area contributed by atoms with Gasteiger partial charge in [0.2, 0.25) is 5.91 Å². The smallest absolute Gasteiger partial charge is 0.227 e. The third-order valence-electron chi connectivity index (χ3n) is 4.45. The molecule has 2 heterocycles. The maximum absolute atomic E-state index is 12.9. The number of hydrogen-bond acceptors (Lipinski definition) is 3. The maximum Gasteiger partial charge on any atom is 0.227 e. The zero-order chi connectivity index (χ0) is 14.7. The highest BCUT2D eigenvalue weighted by atomic mass is 35.5. The lowest BCUT2D eigenvalue weighted by atomic mass is 10.1. The number of hydrogen-bond donors (Lipinski definition) is 1. The first kappa shape index (κ1) is 17.2. The molecule has 2 aliphatic rings. The van der Waals surface area contributed by atoms with Gasteiger partial charge in [0.15, 0.2) is 0 Å². The lowest BCUT2D eigenvalue weighted by molar-refractivity contribution is -0.129. The molecular weight excluding hydrogens is 305 g/mol. The fraction of sp³-hybridized carbons (Fsp3) is 0.562. The molecule has 2 aliphatic heterocycles. The molecule has 122 valence electrons. The van der Waals surface area contributed by atoms with Crippen molar-refractivity contribution in [2.45, 2.75) is 18.9 Å². The summed E-state index contributed by atoms with van der Waals surface area (Å²) in [4.78, 5) is 16.8. The van der Waals surface area contributed by atoms with Crippen LogP contribution in [-0.2, 0) is 11.2 Å². The second-order valence-corrected chi connectivity index (χ2v) is 5.87. The molecule has 0 bridgehead atoms. The minimum Gasteiger partial charge on any atom is -0.341 e. The lowest BCUT2D eigenvalue weighted by Crippen LogP contribution is -2.49. The number of carbonyl (C=O) groups excluding carboxylic acids is 1. The summed E-state index contributed by atoms with van der Waals surface area (Å²) >= 11 is 0. The van der Waals surface area contributed by atoms with E-state index in [4.69, 9.17) is 0 Å². The Balaban J connectivity index is 0.00000176. The number of piperazine rings is 1. The van der Waals surface area contributed by atoms with E-state index >= 15 is 0 Å². The van der Waals surface area contributed by atoms with Crippen molar-refractivity contribution in [3.05, 3.63) is 35.6 Å². The zero-order valence-electron chi connectivity index (χ0n) is 12.6. The van der Waals surface area contributed by atoms with Crippen LogP contribution in [0.25, 0.3) is 0 Å². The van der Waals surface area contributed by atoms with Crippen LogP contribution in [0.3, 0.4) is 0 Å². The summed E-state index contributed by atoms with van der Waals surface area (Å²) < 4.78 is 12.9. The van der Waals surface area contributed by atoms with E-state index < -0.39 is 0 Å². The Bertz CT molecular complexity index is 491. The summed E-state index contributed by atoms with van der Waals surface area (Å²) in [6.45, 7) is 5.91. The highest BCUT2D eigenvalue weighted by molar-refractivity contribution is 5.85. The SMILES string of the molecule is Cl.O=C(Cc1ccc(F)cc1)N1CCC(N2CCNCC2)C1. The normalized spacial score (nSPS) is 22.4. The molecule has 0 radical (unpaired) electrons. The van der Waals surface area contributed by atoms with Crippen LogP contribution in [0.2, 0.25) is 0 Å². The van der Waals surface area contributed by atoms with Crippen LogP contribution in [0.15, 0.2) is 24.3 Å². The zero-order valence-corrected chi connectivity index (χ0v) is 13.4. The molecule has 1 aromatic carbocycles. The Morgan fingerprint density at radius 3 is 2.55 bits per heavy atom. The van der Waals surface area contributed by atoms with Crippen molar-refractivity contribution in [3.8, 4) is 0 Å². The molecule has 1 atom stereocenters. The Morgan fingerprint density at radius 2 is 1.86 bits per heavy atom. The van der Waals surface area contributed by atoms with E-state index in [0.29, 0.717) is 12.5 Å². The number of benzene rings is 1. The van der Waals surface area contributed by atoms with Gasteiger partial charge in [-0.2, -0.15) is 0 Å². The van der Waals surface area contributed by atoms with Gasteiger partial charge < -0.3 is 10.2 Å². The van der Waals surface area contributed by atoms with Gasteiger partial charge in [-0.25, -0.2) is 4.39 Å². The minimum atomic E-state index is -0.258. The van der Waals surface area contributed by atoms with E-state index in [2.05, 4.69) is 10.2 Å². The standard InChI is InChI=1S/C16H22FN3O.ClH/c17-14-3-1-13(2-4-14)11-16(21)20-8-5-15(12-20)19-9-6-18-7-10-19;/h1-4,15,18H,5-12H2;1H. The van der Waals surface area contributed by atoms with Gasteiger partial charge in [-0.15, -0.1) is 12.4 Å². The quantitative estimate of drug-likeness (QED) is 0.909. The van der Waals surface area contributed by atoms with E-state index in [1.54, 1.807) is 12.1 Å². The largest absolute Gasteiger partial charge is 0.341 e. The van der Waals surface area contributed by atoms with Crippen molar-refractivity contribution in [2.24, 2.45) is 0 Å². The molecule has 6 heteroatoms. The number of likely N-dealkylation sites (tertiary alicyclic amines) is 1. The summed E-state index contributed by atoms with van der Waals surface area (Å²) in [5.41, 5.74) is 0.882.